The molecule has 0 aliphatic heterocycles. The highest BCUT2D eigenvalue weighted by atomic mass is 32.2. The minimum absolute atomic E-state index is 0.107. The third-order valence-corrected chi connectivity index (χ3v) is 3.82. The molecule has 0 bridgehead atoms. The Morgan fingerprint density at radius 2 is 2.11 bits per heavy atom. The van der Waals surface area contributed by atoms with Crippen molar-refractivity contribution in [1.82, 2.24) is 9.97 Å². The van der Waals surface area contributed by atoms with E-state index < -0.39 is 0 Å². The number of nitrogens with one attached hydrogen (secondary N) is 2. The molecule has 0 amide bonds. The zero-order chi connectivity index (χ0) is 13.5. The molecule has 18 heavy (non-hydrogen) atoms. The number of hydrogen-bond donors (Lipinski definition) is 4. The van der Waals surface area contributed by atoms with Crippen LogP contribution < -0.4 is 16.6 Å². The van der Waals surface area contributed by atoms with Gasteiger partial charge in [0.1, 0.15) is 17.5 Å². The summed E-state index contributed by atoms with van der Waals surface area (Å²) in [7, 11) is 0. The number of hydrogen-bond acceptors (Lipinski definition) is 7. The van der Waals surface area contributed by atoms with Gasteiger partial charge in [0.2, 0.25) is 0 Å². The highest BCUT2D eigenvalue weighted by Gasteiger charge is 2.16. The van der Waals surface area contributed by atoms with Crippen LogP contribution in [0.1, 0.15) is 19.7 Å². The molecule has 1 heterocycles. The van der Waals surface area contributed by atoms with Crippen LogP contribution in [0.15, 0.2) is 6.07 Å². The Labute approximate surface area is 112 Å². The molecule has 0 radical (unpaired) electrons. The number of anilines is 2. The molecule has 0 aliphatic carbocycles. The van der Waals surface area contributed by atoms with E-state index in [0.29, 0.717) is 5.82 Å². The minimum Gasteiger partial charge on any atom is -0.395 e. The van der Waals surface area contributed by atoms with Gasteiger partial charge in [0, 0.05) is 23.8 Å². The second-order valence-electron chi connectivity index (χ2n) is 3.94. The molecule has 2 atom stereocenters. The highest BCUT2D eigenvalue weighted by molar-refractivity contribution is 7.99. The van der Waals surface area contributed by atoms with Crippen LogP contribution in [0.2, 0.25) is 0 Å². The molecule has 102 valence electrons. The first-order chi connectivity index (χ1) is 8.64. The van der Waals surface area contributed by atoms with E-state index in [-0.39, 0.29) is 17.9 Å². The lowest BCUT2D eigenvalue weighted by atomic mass is 10.2. The number of aryl methyl sites for hydroxylation is 1. The molecule has 6 nitrogen and oxygen atoms in total. The van der Waals surface area contributed by atoms with Gasteiger partial charge < -0.3 is 15.8 Å². The summed E-state index contributed by atoms with van der Waals surface area (Å²) < 4.78 is 0. The molecular weight excluding hydrogens is 250 g/mol. The summed E-state index contributed by atoms with van der Waals surface area (Å²) in [6.45, 7) is 4.13. The van der Waals surface area contributed by atoms with Crippen LogP contribution in [0.4, 0.5) is 11.6 Å². The molecule has 2 unspecified atom stereocenters. The standard InChI is InChI=1S/C11H21N5OS/c1-4-9-14-10(5-11(15-9)16-12)13-7(2)8(6-17)18-3/h5,7-8,17H,4,6,12H2,1-3H3,(H2,13,14,15,16). The van der Waals surface area contributed by atoms with Crippen LogP contribution in [-0.4, -0.2) is 39.2 Å². The average molecular weight is 271 g/mol. The molecule has 0 spiro atoms. The molecule has 0 saturated carbocycles. The van der Waals surface area contributed by atoms with Gasteiger partial charge in [0.05, 0.1) is 6.61 Å². The molecule has 1 aromatic rings. The van der Waals surface area contributed by atoms with Crippen molar-refractivity contribution in [1.29, 1.82) is 0 Å². The zero-order valence-corrected chi connectivity index (χ0v) is 11.8. The number of nitrogens with zero attached hydrogens (tertiary/aromatic N) is 2. The van der Waals surface area contributed by atoms with Crippen LogP contribution in [0.25, 0.3) is 0 Å². The van der Waals surface area contributed by atoms with Gasteiger partial charge in [-0.3, -0.25) is 0 Å². The van der Waals surface area contributed by atoms with Crippen LogP contribution in [0.5, 0.6) is 0 Å². The number of nitrogen functional groups attached to an aromatic ring is 1. The maximum Gasteiger partial charge on any atom is 0.145 e. The van der Waals surface area contributed by atoms with E-state index in [2.05, 4.69) is 20.7 Å². The number of aliphatic hydroxyl groups is 1. The van der Waals surface area contributed by atoms with E-state index in [1.165, 1.54) is 0 Å². The largest absolute Gasteiger partial charge is 0.395 e. The van der Waals surface area contributed by atoms with Crippen molar-refractivity contribution in [2.24, 2.45) is 5.84 Å². The third-order valence-electron chi connectivity index (χ3n) is 2.65. The van der Waals surface area contributed by atoms with Gasteiger partial charge in [-0.05, 0) is 13.2 Å². The number of rotatable bonds is 7. The summed E-state index contributed by atoms with van der Waals surface area (Å²) in [5.74, 6) is 7.40. The quantitative estimate of drug-likeness (QED) is 0.431. The van der Waals surface area contributed by atoms with E-state index in [1.54, 1.807) is 17.8 Å². The summed E-state index contributed by atoms with van der Waals surface area (Å²) in [4.78, 5) is 8.60. The Morgan fingerprint density at radius 3 is 2.61 bits per heavy atom. The van der Waals surface area contributed by atoms with E-state index >= 15 is 0 Å². The van der Waals surface area contributed by atoms with Gasteiger partial charge in [-0.15, -0.1) is 0 Å². The molecule has 0 saturated heterocycles. The first-order valence-electron chi connectivity index (χ1n) is 5.89. The summed E-state index contributed by atoms with van der Waals surface area (Å²) in [6, 6.07) is 1.86. The molecule has 0 aliphatic rings. The Hall–Kier alpha value is -1.05. The number of thioether (sulfide) groups is 1. The molecule has 5 N–H and O–H groups in total. The van der Waals surface area contributed by atoms with Crippen LogP contribution in [-0.2, 0) is 6.42 Å². The fourth-order valence-electron chi connectivity index (χ4n) is 1.57. The summed E-state index contributed by atoms with van der Waals surface area (Å²) in [6.07, 6.45) is 2.72. The molecule has 0 aromatic carbocycles. The van der Waals surface area contributed by atoms with Crippen molar-refractivity contribution in [3.05, 3.63) is 11.9 Å². The molecular formula is C11H21N5OS. The van der Waals surface area contributed by atoms with Crippen molar-refractivity contribution < 1.29 is 5.11 Å². The smallest absolute Gasteiger partial charge is 0.145 e. The maximum absolute atomic E-state index is 9.25. The Bertz CT molecular complexity index is 350. The van der Waals surface area contributed by atoms with E-state index in [4.69, 9.17) is 5.84 Å². The number of aromatic nitrogens is 2. The lowest BCUT2D eigenvalue weighted by Crippen LogP contribution is -2.31. The van der Waals surface area contributed by atoms with Gasteiger partial charge in [0.15, 0.2) is 0 Å². The second-order valence-corrected chi connectivity index (χ2v) is 5.02. The van der Waals surface area contributed by atoms with Crippen molar-refractivity contribution in [2.45, 2.75) is 31.6 Å². The monoisotopic (exact) mass is 271 g/mol. The number of nitrogens with two attached hydrogens (primary N) is 1. The minimum atomic E-state index is 0.107. The van der Waals surface area contributed by atoms with E-state index in [1.807, 2.05) is 20.1 Å². The summed E-state index contributed by atoms with van der Waals surface area (Å²) >= 11 is 1.62. The van der Waals surface area contributed by atoms with Crippen LogP contribution in [0, 0.1) is 0 Å². The molecule has 7 heteroatoms. The predicted molar refractivity (Wildman–Crippen MR) is 76.7 cm³/mol. The fourth-order valence-corrected chi connectivity index (χ4v) is 2.19. The van der Waals surface area contributed by atoms with Crippen molar-refractivity contribution in [2.75, 3.05) is 23.6 Å². The Morgan fingerprint density at radius 1 is 1.44 bits per heavy atom. The van der Waals surface area contributed by atoms with Gasteiger partial charge >= 0.3 is 0 Å². The van der Waals surface area contributed by atoms with Crippen molar-refractivity contribution >= 4 is 23.4 Å². The normalized spacial score (nSPS) is 14.1. The average Bonchev–Trinajstić information content (AvgIpc) is 2.39. The van der Waals surface area contributed by atoms with E-state index in [0.717, 1.165) is 18.1 Å². The molecule has 0 fully saturated rings. The van der Waals surface area contributed by atoms with Gasteiger partial charge in [-0.25, -0.2) is 15.8 Å². The second kappa shape index (κ2) is 7.40. The molecule has 1 rings (SSSR count). The molecule has 1 aromatic heterocycles. The SMILES string of the molecule is CCc1nc(NN)cc(NC(C)C(CO)SC)n1. The zero-order valence-electron chi connectivity index (χ0n) is 11.0. The first-order valence-corrected chi connectivity index (χ1v) is 7.18. The lowest BCUT2D eigenvalue weighted by molar-refractivity contribution is 0.288. The number of hydrazine groups is 1. The maximum atomic E-state index is 9.25. The fraction of sp³-hybridized carbons (Fsp3) is 0.636. The van der Waals surface area contributed by atoms with Gasteiger partial charge in [0.25, 0.3) is 0 Å². The van der Waals surface area contributed by atoms with Crippen LogP contribution in [0.3, 0.4) is 0 Å². The lowest BCUT2D eigenvalue weighted by Gasteiger charge is -2.22. The summed E-state index contributed by atoms with van der Waals surface area (Å²) in [5, 5.41) is 12.6. The van der Waals surface area contributed by atoms with Crippen LogP contribution >= 0.6 is 11.8 Å². The van der Waals surface area contributed by atoms with E-state index in [9.17, 15) is 5.11 Å². The Balaban J connectivity index is 2.82. The van der Waals surface area contributed by atoms with Gasteiger partial charge in [-0.1, -0.05) is 6.92 Å². The number of aliphatic hydroxyl groups excluding tert-OH is 1. The van der Waals surface area contributed by atoms with Crippen molar-refractivity contribution in [3.8, 4) is 0 Å². The van der Waals surface area contributed by atoms with Crippen molar-refractivity contribution in [3.63, 3.8) is 0 Å². The Kier molecular flexibility index (Phi) is 6.17. The third kappa shape index (κ3) is 4.01. The first kappa shape index (κ1) is 15.0. The summed E-state index contributed by atoms with van der Waals surface area (Å²) in [5.41, 5.74) is 2.53. The highest BCUT2D eigenvalue weighted by Crippen LogP contribution is 2.17. The van der Waals surface area contributed by atoms with Gasteiger partial charge in [-0.2, -0.15) is 11.8 Å². The topological polar surface area (TPSA) is 96.1 Å². The predicted octanol–water partition coefficient (Wildman–Crippen LogP) is 0.849.